The van der Waals surface area contributed by atoms with Gasteiger partial charge in [0.2, 0.25) is 0 Å². The molecule has 1 unspecified atom stereocenters. The molecular weight excluding hydrogens is 236 g/mol. The number of fused-ring (bicyclic) bond motifs is 1. The van der Waals surface area contributed by atoms with Gasteiger partial charge in [-0.1, -0.05) is 0 Å². The van der Waals surface area contributed by atoms with Gasteiger partial charge in [0.15, 0.2) is 5.37 Å². The molecule has 2 rings (SSSR count). The van der Waals surface area contributed by atoms with Crippen LogP contribution < -0.4 is 11.3 Å². The van der Waals surface area contributed by atoms with Gasteiger partial charge in [-0.25, -0.2) is 10.8 Å². The minimum Gasteiger partial charge on any atom is -0.309 e. The average Bonchev–Trinajstić information content (AvgIpc) is 2.70. The molecule has 0 aliphatic carbocycles. The van der Waals surface area contributed by atoms with E-state index in [-0.39, 0.29) is 5.91 Å². The maximum absolute atomic E-state index is 11.4. The SMILES string of the molecule is Cc1cc2ncn(C(S)C(=O)NN)c2cc1C. The molecule has 1 atom stereocenters. The van der Waals surface area contributed by atoms with Gasteiger partial charge in [0.05, 0.1) is 17.4 Å². The summed E-state index contributed by atoms with van der Waals surface area (Å²) in [4.78, 5) is 15.7. The fourth-order valence-electron chi connectivity index (χ4n) is 1.68. The highest BCUT2D eigenvalue weighted by Gasteiger charge is 2.17. The lowest BCUT2D eigenvalue weighted by molar-refractivity contribution is -0.121. The Bertz CT molecular complexity index is 578. The number of carbonyl (C=O) groups excluding carboxylic acids is 1. The molecule has 1 aromatic carbocycles. The normalized spacial score (nSPS) is 12.7. The van der Waals surface area contributed by atoms with Crippen LogP contribution in [0.3, 0.4) is 0 Å². The third kappa shape index (κ3) is 2.01. The highest BCUT2D eigenvalue weighted by atomic mass is 32.1. The third-order valence-corrected chi connectivity index (χ3v) is 3.31. The van der Waals surface area contributed by atoms with E-state index in [1.165, 1.54) is 5.56 Å². The summed E-state index contributed by atoms with van der Waals surface area (Å²) in [6.07, 6.45) is 1.59. The first-order valence-corrected chi connectivity index (χ1v) is 5.68. The van der Waals surface area contributed by atoms with Gasteiger partial charge in [0.1, 0.15) is 0 Å². The zero-order chi connectivity index (χ0) is 12.6. The zero-order valence-electron chi connectivity index (χ0n) is 9.64. The van der Waals surface area contributed by atoms with Crippen LogP contribution in [0, 0.1) is 13.8 Å². The molecule has 0 aliphatic heterocycles. The van der Waals surface area contributed by atoms with Crippen molar-refractivity contribution in [3.63, 3.8) is 0 Å². The molecule has 0 spiro atoms. The number of hydrogen-bond acceptors (Lipinski definition) is 4. The van der Waals surface area contributed by atoms with E-state index in [4.69, 9.17) is 5.84 Å². The number of nitrogens with zero attached hydrogens (tertiary/aromatic N) is 2. The Kier molecular flexibility index (Phi) is 3.08. The van der Waals surface area contributed by atoms with Crippen molar-refractivity contribution in [2.24, 2.45) is 5.84 Å². The maximum Gasteiger partial charge on any atom is 0.267 e. The monoisotopic (exact) mass is 250 g/mol. The Balaban J connectivity index is 2.56. The number of amides is 1. The van der Waals surface area contributed by atoms with Crippen LogP contribution in [0.15, 0.2) is 18.5 Å². The van der Waals surface area contributed by atoms with E-state index in [1.54, 1.807) is 10.9 Å². The molecule has 1 aromatic heterocycles. The molecule has 6 heteroatoms. The smallest absolute Gasteiger partial charge is 0.267 e. The van der Waals surface area contributed by atoms with Crippen molar-refractivity contribution in [2.45, 2.75) is 19.2 Å². The first kappa shape index (κ1) is 11.9. The van der Waals surface area contributed by atoms with Gasteiger partial charge in [-0.15, -0.1) is 12.6 Å². The summed E-state index contributed by atoms with van der Waals surface area (Å²) in [5.41, 5.74) is 6.11. The lowest BCUT2D eigenvalue weighted by Crippen LogP contribution is -2.34. The summed E-state index contributed by atoms with van der Waals surface area (Å²) in [5, 5.41) is -0.674. The minimum atomic E-state index is -0.674. The number of hydrogen-bond donors (Lipinski definition) is 3. The molecule has 2 aromatic rings. The van der Waals surface area contributed by atoms with Gasteiger partial charge in [0, 0.05) is 0 Å². The van der Waals surface area contributed by atoms with E-state index in [9.17, 15) is 4.79 Å². The Hall–Kier alpha value is -1.53. The first-order valence-electron chi connectivity index (χ1n) is 5.17. The maximum atomic E-state index is 11.4. The van der Waals surface area contributed by atoms with Gasteiger partial charge in [-0.05, 0) is 37.1 Å². The second-order valence-corrected chi connectivity index (χ2v) is 4.45. The number of aryl methyl sites for hydroxylation is 2. The van der Waals surface area contributed by atoms with Gasteiger partial charge >= 0.3 is 0 Å². The molecule has 0 aliphatic rings. The first-order chi connectivity index (χ1) is 8.04. The molecule has 0 radical (unpaired) electrons. The quantitative estimate of drug-likeness (QED) is 0.323. The predicted molar refractivity (Wildman–Crippen MR) is 69.6 cm³/mol. The van der Waals surface area contributed by atoms with Crippen LogP contribution in [0.25, 0.3) is 11.0 Å². The molecule has 1 amide bonds. The highest BCUT2D eigenvalue weighted by molar-refractivity contribution is 7.81. The Morgan fingerprint density at radius 2 is 2.12 bits per heavy atom. The molecule has 1 heterocycles. The molecular formula is C11H14N4OS. The van der Waals surface area contributed by atoms with Crippen molar-refractivity contribution < 1.29 is 4.79 Å². The molecule has 3 N–H and O–H groups in total. The van der Waals surface area contributed by atoms with E-state index < -0.39 is 5.37 Å². The van der Waals surface area contributed by atoms with Crippen LogP contribution in [0.4, 0.5) is 0 Å². The van der Waals surface area contributed by atoms with E-state index in [0.29, 0.717) is 0 Å². The largest absolute Gasteiger partial charge is 0.309 e. The van der Waals surface area contributed by atoms with Crippen LogP contribution >= 0.6 is 12.6 Å². The van der Waals surface area contributed by atoms with Crippen molar-refractivity contribution in [3.8, 4) is 0 Å². The molecule has 0 saturated carbocycles. The number of benzene rings is 1. The van der Waals surface area contributed by atoms with Gasteiger partial charge in [-0.3, -0.25) is 10.2 Å². The van der Waals surface area contributed by atoms with Gasteiger partial charge < -0.3 is 4.57 Å². The summed E-state index contributed by atoms with van der Waals surface area (Å²) in [6, 6.07) is 3.98. The number of rotatable bonds is 2. The van der Waals surface area contributed by atoms with Crippen molar-refractivity contribution >= 4 is 29.6 Å². The zero-order valence-corrected chi connectivity index (χ0v) is 10.5. The lowest BCUT2D eigenvalue weighted by Gasteiger charge is -2.12. The predicted octanol–water partition coefficient (Wildman–Crippen LogP) is 1.07. The van der Waals surface area contributed by atoms with Gasteiger partial charge in [-0.2, -0.15) is 0 Å². The molecule has 0 bridgehead atoms. The highest BCUT2D eigenvalue weighted by Crippen LogP contribution is 2.23. The standard InChI is InChI=1S/C11H14N4OS/c1-6-3-8-9(4-7(6)2)15(5-13-8)11(17)10(16)14-12/h3-5,11,17H,12H2,1-2H3,(H,14,16). The molecule has 17 heavy (non-hydrogen) atoms. The molecule has 0 fully saturated rings. The second kappa shape index (κ2) is 4.38. The molecule has 0 saturated heterocycles. The van der Waals surface area contributed by atoms with Crippen molar-refractivity contribution in [1.29, 1.82) is 0 Å². The minimum absolute atomic E-state index is 0.370. The topological polar surface area (TPSA) is 72.9 Å². The number of imidazole rings is 1. The summed E-state index contributed by atoms with van der Waals surface area (Å²) >= 11 is 4.23. The van der Waals surface area contributed by atoms with Gasteiger partial charge in [0.25, 0.3) is 5.91 Å². The number of thiol groups is 1. The third-order valence-electron chi connectivity index (χ3n) is 2.83. The summed E-state index contributed by atoms with van der Waals surface area (Å²) in [5.74, 6) is 4.73. The van der Waals surface area contributed by atoms with E-state index in [2.05, 4.69) is 23.0 Å². The fourth-order valence-corrected chi connectivity index (χ4v) is 1.94. The fraction of sp³-hybridized carbons (Fsp3) is 0.273. The number of carbonyl (C=O) groups is 1. The second-order valence-electron chi connectivity index (χ2n) is 3.96. The summed E-state index contributed by atoms with van der Waals surface area (Å²) in [6.45, 7) is 4.04. The number of nitrogens with two attached hydrogens (primary N) is 1. The number of hydrazine groups is 1. The molecule has 90 valence electrons. The van der Waals surface area contributed by atoms with Crippen LogP contribution in [-0.4, -0.2) is 15.5 Å². The van der Waals surface area contributed by atoms with Crippen LogP contribution in [-0.2, 0) is 4.79 Å². The lowest BCUT2D eigenvalue weighted by atomic mass is 10.1. The van der Waals surface area contributed by atoms with Crippen LogP contribution in [0.5, 0.6) is 0 Å². The van der Waals surface area contributed by atoms with E-state index in [0.717, 1.165) is 16.6 Å². The summed E-state index contributed by atoms with van der Waals surface area (Å²) in [7, 11) is 0. The number of aromatic nitrogens is 2. The Morgan fingerprint density at radius 3 is 2.76 bits per heavy atom. The Morgan fingerprint density at radius 1 is 1.47 bits per heavy atom. The van der Waals surface area contributed by atoms with E-state index in [1.807, 2.05) is 26.0 Å². The van der Waals surface area contributed by atoms with Crippen molar-refractivity contribution in [3.05, 3.63) is 29.6 Å². The van der Waals surface area contributed by atoms with Crippen molar-refractivity contribution in [2.75, 3.05) is 0 Å². The summed E-state index contributed by atoms with van der Waals surface area (Å²) < 4.78 is 1.69. The molecule has 5 nitrogen and oxygen atoms in total. The number of nitrogens with one attached hydrogen (secondary N) is 1. The average molecular weight is 250 g/mol. The van der Waals surface area contributed by atoms with Crippen molar-refractivity contribution in [1.82, 2.24) is 15.0 Å². The van der Waals surface area contributed by atoms with Crippen LogP contribution in [0.2, 0.25) is 0 Å². The van der Waals surface area contributed by atoms with E-state index >= 15 is 0 Å². The Labute approximate surface area is 104 Å². The van der Waals surface area contributed by atoms with Crippen LogP contribution in [0.1, 0.15) is 16.5 Å².